The third-order valence-corrected chi connectivity index (χ3v) is 0.760. The highest BCUT2D eigenvalue weighted by atomic mass is 28.1. The number of hydrogen-bond acceptors (Lipinski definition) is 3. The molecule has 0 aromatic rings. The Hall–Kier alpha value is -1.36. The lowest BCUT2D eigenvalue weighted by Crippen LogP contribution is -1.96. The maximum absolute atomic E-state index is 10.5. The second-order valence-electron chi connectivity index (χ2n) is 1.60. The van der Waals surface area contributed by atoms with E-state index in [1.165, 1.54) is 6.08 Å². The van der Waals surface area contributed by atoms with Gasteiger partial charge in [-0.3, -0.25) is 4.79 Å². The van der Waals surface area contributed by atoms with Gasteiger partial charge in [0, 0.05) is 6.08 Å². The fourth-order valence-corrected chi connectivity index (χ4v) is 0.397. The molecule has 0 bridgehead atoms. The molecule has 0 rings (SSSR count). The van der Waals surface area contributed by atoms with Crippen LogP contribution in [0.5, 0.6) is 0 Å². The van der Waals surface area contributed by atoms with Gasteiger partial charge in [-0.2, -0.15) is 0 Å². The van der Waals surface area contributed by atoms with Gasteiger partial charge in [-0.1, -0.05) is 12.7 Å². The van der Waals surface area contributed by atoms with Crippen molar-refractivity contribution in [3.05, 3.63) is 25.0 Å². The molecule has 0 radical (unpaired) electrons. The van der Waals surface area contributed by atoms with Crippen molar-refractivity contribution in [1.29, 1.82) is 0 Å². The van der Waals surface area contributed by atoms with Crippen LogP contribution in [0.4, 0.5) is 0 Å². The van der Waals surface area contributed by atoms with Crippen molar-refractivity contribution in [3.63, 3.8) is 0 Å². The summed E-state index contributed by atoms with van der Waals surface area (Å²) in [5.74, 6) is -1.62. The molecule has 5 heteroatoms. The second kappa shape index (κ2) is 7.74. The Bertz CT molecular complexity index is 198. The minimum Gasteiger partial charge on any atom is -0.478 e. The summed E-state index contributed by atoms with van der Waals surface area (Å²) in [6.07, 6.45) is 3.02. The van der Waals surface area contributed by atoms with Crippen molar-refractivity contribution < 1.29 is 19.4 Å². The van der Waals surface area contributed by atoms with Gasteiger partial charge < -0.3 is 9.84 Å². The Morgan fingerprint density at radius 2 is 2.08 bits per heavy atom. The predicted molar refractivity (Wildman–Crippen MR) is 49.0 cm³/mol. The van der Waals surface area contributed by atoms with Crippen LogP contribution in [0.1, 0.15) is 6.42 Å². The average Bonchev–Trinajstić information content (AvgIpc) is 1.87. The highest BCUT2D eigenvalue weighted by molar-refractivity contribution is 5.81. The predicted octanol–water partition coefficient (Wildman–Crippen LogP) is -0.748. The molecule has 0 aliphatic carbocycles. The molecular formula is C7H12O4Si. The first-order valence-corrected chi connectivity index (χ1v) is 2.86. The van der Waals surface area contributed by atoms with Crippen molar-refractivity contribution in [2.24, 2.45) is 0 Å². The number of hydrogen-bond donors (Lipinski definition) is 1. The fraction of sp³-hybridized carbons (Fsp3) is 0.143. The standard InChI is InChI=1S/C7H8O4.H4Si/c1-2-11-7(10)5-3-4-6(8)9;/h2-4H,1,5H2,(H,8,9);1H4. The summed E-state index contributed by atoms with van der Waals surface area (Å²) in [6.45, 7) is 3.16. The lowest BCUT2D eigenvalue weighted by atomic mass is 10.4. The molecule has 0 spiro atoms. The van der Waals surface area contributed by atoms with E-state index in [2.05, 4.69) is 11.3 Å². The minimum atomic E-state index is -1.09. The quantitative estimate of drug-likeness (QED) is 0.273. The van der Waals surface area contributed by atoms with E-state index >= 15 is 0 Å². The van der Waals surface area contributed by atoms with Crippen LogP contribution in [0.15, 0.2) is 25.0 Å². The fourth-order valence-electron chi connectivity index (χ4n) is 0.397. The van der Waals surface area contributed by atoms with E-state index in [0.29, 0.717) is 0 Å². The topological polar surface area (TPSA) is 63.6 Å². The maximum atomic E-state index is 10.5. The Labute approximate surface area is 74.6 Å². The summed E-state index contributed by atoms with van der Waals surface area (Å²) < 4.78 is 4.30. The average molecular weight is 188 g/mol. The van der Waals surface area contributed by atoms with Gasteiger partial charge in [0.15, 0.2) is 0 Å². The summed E-state index contributed by atoms with van der Waals surface area (Å²) in [5, 5.41) is 8.10. The van der Waals surface area contributed by atoms with Gasteiger partial charge in [0.2, 0.25) is 0 Å². The molecule has 4 nitrogen and oxygen atoms in total. The number of carboxylic acids is 1. The Morgan fingerprint density at radius 3 is 2.50 bits per heavy atom. The molecular weight excluding hydrogens is 176 g/mol. The van der Waals surface area contributed by atoms with E-state index in [-0.39, 0.29) is 17.4 Å². The van der Waals surface area contributed by atoms with Gasteiger partial charge in [-0.25, -0.2) is 4.79 Å². The molecule has 1 N–H and O–H groups in total. The smallest absolute Gasteiger partial charge is 0.327 e. The summed E-state index contributed by atoms with van der Waals surface area (Å²) in [4.78, 5) is 20.4. The molecule has 0 aromatic carbocycles. The summed E-state index contributed by atoms with van der Waals surface area (Å²) in [6, 6.07) is 0. The maximum Gasteiger partial charge on any atom is 0.327 e. The number of carbonyl (C=O) groups is 2. The largest absolute Gasteiger partial charge is 0.478 e. The van der Waals surface area contributed by atoms with E-state index in [4.69, 9.17) is 5.11 Å². The number of esters is 1. The molecule has 0 atom stereocenters. The van der Waals surface area contributed by atoms with Crippen LogP contribution < -0.4 is 0 Å². The van der Waals surface area contributed by atoms with Gasteiger partial charge in [-0.05, 0) is 11.0 Å². The molecule has 0 fully saturated rings. The molecule has 0 aliphatic heterocycles. The molecule has 0 heterocycles. The van der Waals surface area contributed by atoms with Crippen molar-refractivity contribution in [3.8, 4) is 0 Å². The zero-order chi connectivity index (χ0) is 8.69. The van der Waals surface area contributed by atoms with Gasteiger partial charge in [0.1, 0.15) is 0 Å². The third-order valence-electron chi connectivity index (χ3n) is 0.760. The molecule has 12 heavy (non-hydrogen) atoms. The van der Waals surface area contributed by atoms with Crippen molar-refractivity contribution in [2.75, 3.05) is 0 Å². The first-order valence-electron chi connectivity index (χ1n) is 2.86. The zero-order valence-corrected chi connectivity index (χ0v) is 5.82. The van der Waals surface area contributed by atoms with E-state index in [0.717, 1.165) is 12.3 Å². The molecule has 68 valence electrons. The minimum absolute atomic E-state index is 0. The number of rotatable bonds is 4. The first kappa shape index (κ1) is 13.2. The Morgan fingerprint density at radius 1 is 1.50 bits per heavy atom. The SMILES string of the molecule is C=COC(=O)CC=CC(=O)O.[SiH4]. The van der Waals surface area contributed by atoms with Crippen LogP contribution in [0, 0.1) is 0 Å². The third kappa shape index (κ3) is 8.64. The summed E-state index contributed by atoms with van der Waals surface area (Å²) >= 11 is 0. The van der Waals surface area contributed by atoms with Crippen LogP contribution in [0.2, 0.25) is 0 Å². The Balaban J connectivity index is 0. The van der Waals surface area contributed by atoms with Gasteiger partial charge in [0.05, 0.1) is 12.7 Å². The zero-order valence-electron chi connectivity index (χ0n) is 5.82. The van der Waals surface area contributed by atoms with Crippen LogP contribution >= 0.6 is 0 Å². The van der Waals surface area contributed by atoms with Crippen LogP contribution in [-0.4, -0.2) is 28.0 Å². The van der Waals surface area contributed by atoms with E-state index < -0.39 is 11.9 Å². The highest BCUT2D eigenvalue weighted by Crippen LogP contribution is 1.88. The Kier molecular flexibility index (Phi) is 8.54. The lowest BCUT2D eigenvalue weighted by molar-refractivity contribution is -0.136. The van der Waals surface area contributed by atoms with Crippen molar-refractivity contribution in [2.45, 2.75) is 6.42 Å². The van der Waals surface area contributed by atoms with Crippen LogP contribution in [0.3, 0.4) is 0 Å². The van der Waals surface area contributed by atoms with Crippen molar-refractivity contribution in [1.82, 2.24) is 0 Å². The van der Waals surface area contributed by atoms with Gasteiger partial charge >= 0.3 is 11.9 Å². The van der Waals surface area contributed by atoms with Crippen molar-refractivity contribution >= 4 is 22.9 Å². The monoisotopic (exact) mass is 188 g/mol. The van der Waals surface area contributed by atoms with Crippen LogP contribution in [0.25, 0.3) is 0 Å². The normalized spacial score (nSPS) is 8.67. The van der Waals surface area contributed by atoms with E-state index in [1.54, 1.807) is 0 Å². The first-order chi connectivity index (χ1) is 5.16. The van der Waals surface area contributed by atoms with Crippen LogP contribution in [-0.2, 0) is 14.3 Å². The molecule has 0 saturated heterocycles. The second-order valence-corrected chi connectivity index (χ2v) is 1.60. The lowest BCUT2D eigenvalue weighted by Gasteiger charge is -1.91. The van der Waals surface area contributed by atoms with Gasteiger partial charge in [-0.15, -0.1) is 0 Å². The number of ether oxygens (including phenoxy) is 1. The summed E-state index contributed by atoms with van der Waals surface area (Å²) in [5.41, 5.74) is 0. The molecule has 0 aliphatic rings. The molecule has 0 aromatic heterocycles. The van der Waals surface area contributed by atoms with E-state index in [9.17, 15) is 9.59 Å². The molecule has 0 saturated carbocycles. The summed E-state index contributed by atoms with van der Waals surface area (Å²) in [7, 11) is 0. The van der Waals surface area contributed by atoms with Gasteiger partial charge in [0.25, 0.3) is 0 Å². The number of carboxylic acid groups (broad SMARTS) is 1. The number of carbonyl (C=O) groups excluding carboxylic acids is 1. The van der Waals surface area contributed by atoms with E-state index in [1.807, 2.05) is 0 Å². The molecule has 0 unspecified atom stereocenters. The number of aliphatic carboxylic acids is 1. The molecule has 0 amide bonds. The highest BCUT2D eigenvalue weighted by Gasteiger charge is 1.95.